The Hall–Kier alpha value is -4.56. The maximum absolute atomic E-state index is 13.2. The van der Waals surface area contributed by atoms with E-state index in [1.807, 2.05) is 29.6 Å². The average molecular weight is 481 g/mol. The highest BCUT2D eigenvalue weighted by molar-refractivity contribution is 7.13. The molecule has 0 radical (unpaired) electrons. The predicted molar refractivity (Wildman–Crippen MR) is 130 cm³/mol. The van der Waals surface area contributed by atoms with Gasteiger partial charge in [-0.2, -0.15) is 0 Å². The highest BCUT2D eigenvalue weighted by atomic mass is 32.1. The number of aromatic nitrogens is 1. The molecule has 1 aliphatic rings. The maximum Gasteiger partial charge on any atom is 0.338 e. The molecule has 0 atom stereocenters. The minimum absolute atomic E-state index is 0.0423. The third-order valence-electron chi connectivity index (χ3n) is 5.81. The molecule has 0 unspecified atom stereocenters. The van der Waals surface area contributed by atoms with E-state index >= 15 is 0 Å². The van der Waals surface area contributed by atoms with Crippen LogP contribution in [0.2, 0.25) is 0 Å². The topological polar surface area (TPSA) is 89.7 Å². The Morgan fingerprint density at radius 1 is 0.914 bits per heavy atom. The molecule has 0 saturated carbocycles. The first-order chi connectivity index (χ1) is 17.1. The summed E-state index contributed by atoms with van der Waals surface area (Å²) in [6, 6.07) is 22.5. The largest absolute Gasteiger partial charge is 0.455 e. The Morgan fingerprint density at radius 2 is 1.63 bits per heavy atom. The van der Waals surface area contributed by atoms with Crippen molar-refractivity contribution < 1.29 is 23.6 Å². The molecule has 0 fully saturated rings. The monoisotopic (exact) mass is 480 g/mol. The summed E-state index contributed by atoms with van der Waals surface area (Å²) in [5.74, 6) is -0.739. The number of ether oxygens (including phenoxy) is 1. The Labute approximate surface area is 203 Å². The molecule has 7 nitrogen and oxygen atoms in total. The van der Waals surface area contributed by atoms with Crippen LogP contribution >= 0.6 is 11.3 Å². The molecule has 170 valence electrons. The first-order valence-electron chi connectivity index (χ1n) is 10.8. The highest BCUT2D eigenvalue weighted by Gasteiger charge is 2.33. The van der Waals surface area contributed by atoms with Gasteiger partial charge in [0.1, 0.15) is 12.3 Å². The zero-order chi connectivity index (χ0) is 23.9. The van der Waals surface area contributed by atoms with E-state index in [0.29, 0.717) is 33.7 Å². The van der Waals surface area contributed by atoms with Crippen LogP contribution in [0.5, 0.6) is 0 Å². The lowest BCUT2D eigenvalue weighted by Crippen LogP contribution is -2.40. The standard InChI is InChI=1S/C27H16N2O5S/c30-25-20-6-1-4-16-5-2-7-21(24(16)20)26(31)29(25)19-11-9-17(10-12-19)27(32)33-15-18-14-22(34-28-18)23-8-3-13-35-23/h1-14H,15H2. The normalized spacial score (nSPS) is 12.9. The number of carbonyl (C=O) groups is 3. The van der Waals surface area contributed by atoms with Crippen LogP contribution in [0.1, 0.15) is 36.8 Å². The Bertz CT molecular complexity index is 1550. The van der Waals surface area contributed by atoms with Gasteiger partial charge < -0.3 is 9.26 Å². The molecule has 2 aromatic heterocycles. The maximum atomic E-state index is 13.2. The second-order valence-corrected chi connectivity index (χ2v) is 8.89. The zero-order valence-electron chi connectivity index (χ0n) is 18.1. The van der Waals surface area contributed by atoms with Gasteiger partial charge in [-0.05, 0) is 53.2 Å². The molecule has 8 heteroatoms. The van der Waals surface area contributed by atoms with Crippen LogP contribution in [0.3, 0.4) is 0 Å². The molecule has 6 rings (SSSR count). The lowest BCUT2D eigenvalue weighted by molar-refractivity contribution is 0.0464. The van der Waals surface area contributed by atoms with E-state index in [4.69, 9.17) is 9.26 Å². The van der Waals surface area contributed by atoms with Crippen LogP contribution in [0, 0.1) is 0 Å². The number of amides is 2. The number of nitrogens with zero attached hydrogens (tertiary/aromatic N) is 2. The van der Waals surface area contributed by atoms with Gasteiger partial charge in [0, 0.05) is 22.6 Å². The van der Waals surface area contributed by atoms with Crippen molar-refractivity contribution >= 4 is 45.6 Å². The van der Waals surface area contributed by atoms with Gasteiger partial charge in [-0.15, -0.1) is 11.3 Å². The first-order valence-corrected chi connectivity index (χ1v) is 11.7. The molecule has 0 bridgehead atoms. The van der Waals surface area contributed by atoms with E-state index in [2.05, 4.69) is 5.16 Å². The minimum Gasteiger partial charge on any atom is -0.455 e. The third-order valence-corrected chi connectivity index (χ3v) is 6.69. The molecular weight excluding hydrogens is 464 g/mol. The van der Waals surface area contributed by atoms with Crippen LogP contribution in [0.4, 0.5) is 5.69 Å². The Balaban J connectivity index is 1.19. The van der Waals surface area contributed by atoms with Crippen LogP contribution < -0.4 is 4.90 Å². The number of hydrogen-bond donors (Lipinski definition) is 0. The number of rotatable bonds is 5. The van der Waals surface area contributed by atoms with Gasteiger partial charge in [-0.3, -0.25) is 9.59 Å². The Kier molecular flexibility index (Phi) is 5.00. The number of carbonyl (C=O) groups excluding carboxylic acids is 3. The number of benzene rings is 3. The van der Waals surface area contributed by atoms with E-state index in [-0.39, 0.29) is 12.2 Å². The summed E-state index contributed by atoms with van der Waals surface area (Å²) in [7, 11) is 0. The van der Waals surface area contributed by atoms with Crippen molar-refractivity contribution in [3.05, 3.63) is 107 Å². The van der Waals surface area contributed by atoms with E-state index in [9.17, 15) is 14.4 Å². The zero-order valence-corrected chi connectivity index (χ0v) is 19.0. The molecule has 0 spiro atoms. The number of anilines is 1. The molecule has 0 N–H and O–H groups in total. The van der Waals surface area contributed by atoms with E-state index < -0.39 is 17.8 Å². The summed E-state index contributed by atoms with van der Waals surface area (Å²) >= 11 is 1.53. The molecule has 3 heterocycles. The fourth-order valence-corrected chi connectivity index (χ4v) is 4.82. The van der Waals surface area contributed by atoms with Gasteiger partial charge >= 0.3 is 5.97 Å². The van der Waals surface area contributed by atoms with Gasteiger partial charge in [-0.25, -0.2) is 9.69 Å². The smallest absolute Gasteiger partial charge is 0.338 e. The number of hydrogen-bond acceptors (Lipinski definition) is 7. The van der Waals surface area contributed by atoms with Crippen molar-refractivity contribution in [2.24, 2.45) is 0 Å². The van der Waals surface area contributed by atoms with Crippen molar-refractivity contribution in [3.8, 4) is 10.6 Å². The molecule has 2 amide bonds. The lowest BCUT2D eigenvalue weighted by atomic mass is 9.94. The molecule has 0 saturated heterocycles. The van der Waals surface area contributed by atoms with E-state index in [1.165, 1.54) is 23.5 Å². The second kappa shape index (κ2) is 8.34. The third kappa shape index (κ3) is 3.60. The predicted octanol–water partition coefficient (Wildman–Crippen LogP) is 5.71. The molecule has 5 aromatic rings. The first kappa shape index (κ1) is 21.0. The summed E-state index contributed by atoms with van der Waals surface area (Å²) in [5.41, 5.74) is 2.09. The second-order valence-electron chi connectivity index (χ2n) is 7.94. The summed E-state index contributed by atoms with van der Waals surface area (Å²) in [6.45, 7) is -0.0423. The lowest BCUT2D eigenvalue weighted by Gasteiger charge is -2.27. The van der Waals surface area contributed by atoms with Gasteiger partial charge in [0.2, 0.25) is 0 Å². The summed E-state index contributed by atoms with van der Waals surface area (Å²) in [4.78, 5) is 41.0. The van der Waals surface area contributed by atoms with Gasteiger partial charge in [0.05, 0.1) is 16.1 Å². The van der Waals surface area contributed by atoms with Crippen LogP contribution in [-0.4, -0.2) is 22.9 Å². The summed E-state index contributed by atoms with van der Waals surface area (Å²) < 4.78 is 10.6. The molecule has 1 aliphatic heterocycles. The molecule has 3 aromatic carbocycles. The number of thiophene rings is 1. The average Bonchev–Trinajstić information content (AvgIpc) is 3.58. The van der Waals surface area contributed by atoms with E-state index in [1.54, 1.807) is 42.5 Å². The van der Waals surface area contributed by atoms with Crippen molar-refractivity contribution in [1.82, 2.24) is 5.16 Å². The van der Waals surface area contributed by atoms with Crippen molar-refractivity contribution in [2.45, 2.75) is 6.61 Å². The summed E-state index contributed by atoms with van der Waals surface area (Å²) in [6.07, 6.45) is 0. The fraction of sp³-hybridized carbons (Fsp3) is 0.0370. The van der Waals surface area contributed by atoms with Crippen molar-refractivity contribution in [2.75, 3.05) is 4.90 Å². The summed E-state index contributed by atoms with van der Waals surface area (Å²) in [5, 5.41) is 7.38. The minimum atomic E-state index is -0.552. The molecule has 35 heavy (non-hydrogen) atoms. The SMILES string of the molecule is O=C(OCc1cc(-c2cccs2)on1)c1ccc(N2C(=O)c3cccc4cccc(c34)C2=O)cc1. The van der Waals surface area contributed by atoms with Gasteiger partial charge in [0.25, 0.3) is 11.8 Å². The van der Waals surface area contributed by atoms with E-state index in [0.717, 1.165) is 15.2 Å². The molecule has 0 aliphatic carbocycles. The van der Waals surface area contributed by atoms with Crippen LogP contribution in [0.15, 0.2) is 88.8 Å². The van der Waals surface area contributed by atoms with Gasteiger partial charge in [0.15, 0.2) is 5.76 Å². The van der Waals surface area contributed by atoms with Crippen LogP contribution in [-0.2, 0) is 11.3 Å². The number of esters is 1. The van der Waals surface area contributed by atoms with Crippen LogP contribution in [0.25, 0.3) is 21.4 Å². The Morgan fingerprint density at radius 3 is 2.29 bits per heavy atom. The highest BCUT2D eigenvalue weighted by Crippen LogP contribution is 2.33. The molecular formula is C27H16N2O5S. The fourth-order valence-electron chi connectivity index (χ4n) is 4.15. The van der Waals surface area contributed by atoms with Gasteiger partial charge in [-0.1, -0.05) is 35.5 Å². The number of imide groups is 1. The quantitative estimate of drug-likeness (QED) is 0.236. The van der Waals surface area contributed by atoms with Crippen molar-refractivity contribution in [1.29, 1.82) is 0 Å². The van der Waals surface area contributed by atoms with Crippen molar-refractivity contribution in [3.63, 3.8) is 0 Å².